The molecule has 1 atom stereocenters. The van der Waals surface area contributed by atoms with Crippen LogP contribution in [0.1, 0.15) is 18.9 Å². The van der Waals surface area contributed by atoms with Crippen molar-refractivity contribution in [3.8, 4) is 11.3 Å². The first kappa shape index (κ1) is 21.6. The van der Waals surface area contributed by atoms with Crippen LogP contribution in [0.5, 0.6) is 0 Å². The number of fused-ring (bicyclic) bond motifs is 1. The number of halogens is 3. The topological polar surface area (TPSA) is 61.4 Å². The van der Waals surface area contributed by atoms with Crippen molar-refractivity contribution < 1.29 is 18.0 Å². The van der Waals surface area contributed by atoms with Crippen molar-refractivity contribution in [2.24, 2.45) is 0 Å². The summed E-state index contributed by atoms with van der Waals surface area (Å²) in [5.41, 5.74) is 1.21. The molecule has 6 nitrogen and oxygen atoms in total. The lowest BCUT2D eigenvalue weighted by molar-refractivity contribution is -0.137. The van der Waals surface area contributed by atoms with Crippen LogP contribution in [-0.2, 0) is 6.18 Å². The fourth-order valence-electron chi connectivity index (χ4n) is 3.69. The van der Waals surface area contributed by atoms with Crippen molar-refractivity contribution in [2.75, 3.05) is 28.7 Å². The number of alkyl halides is 3. The summed E-state index contributed by atoms with van der Waals surface area (Å²) >= 11 is 0. The van der Waals surface area contributed by atoms with Crippen molar-refractivity contribution in [1.29, 1.82) is 0 Å². The Morgan fingerprint density at radius 2 is 1.97 bits per heavy atom. The van der Waals surface area contributed by atoms with Crippen LogP contribution in [0.4, 0.5) is 35.2 Å². The molecule has 4 rings (SSSR count). The zero-order chi connectivity index (χ0) is 22.9. The number of rotatable bonds is 2. The van der Waals surface area contributed by atoms with E-state index in [-0.39, 0.29) is 12.1 Å². The van der Waals surface area contributed by atoms with E-state index in [1.807, 2.05) is 18.9 Å². The van der Waals surface area contributed by atoms with Gasteiger partial charge in [-0.25, -0.2) is 9.78 Å². The average molecular weight is 441 g/mol. The van der Waals surface area contributed by atoms with Crippen LogP contribution >= 0.6 is 0 Å². The van der Waals surface area contributed by atoms with E-state index in [2.05, 4.69) is 15.3 Å². The summed E-state index contributed by atoms with van der Waals surface area (Å²) in [5.74, 6) is 0.397. The lowest BCUT2D eigenvalue weighted by Gasteiger charge is -2.28. The summed E-state index contributed by atoms with van der Waals surface area (Å²) < 4.78 is 39.6. The Morgan fingerprint density at radius 1 is 1.16 bits per heavy atom. The Bertz CT molecular complexity index is 1120. The summed E-state index contributed by atoms with van der Waals surface area (Å²) in [6.45, 7) is 2.62. The van der Waals surface area contributed by atoms with Gasteiger partial charge in [0.25, 0.3) is 0 Å². The number of pyridine rings is 2. The van der Waals surface area contributed by atoms with Crippen LogP contribution in [0.2, 0.25) is 0 Å². The maximum Gasteiger partial charge on any atom is 0.416 e. The number of benzene rings is 1. The molecule has 0 saturated carbocycles. The van der Waals surface area contributed by atoms with Gasteiger partial charge >= 0.3 is 12.2 Å². The van der Waals surface area contributed by atoms with E-state index in [1.165, 1.54) is 6.07 Å². The number of amides is 2. The van der Waals surface area contributed by atoms with E-state index < -0.39 is 11.7 Å². The Morgan fingerprint density at radius 3 is 2.69 bits per heavy atom. The van der Waals surface area contributed by atoms with E-state index in [4.69, 9.17) is 0 Å². The molecule has 2 amide bonds. The third kappa shape index (κ3) is 4.37. The Hall–Kier alpha value is -3.62. The third-order valence-electron chi connectivity index (χ3n) is 5.43. The average Bonchev–Trinajstić information content (AvgIpc) is 2.89. The molecule has 0 aliphatic carbocycles. The Labute approximate surface area is 183 Å². The predicted octanol–water partition coefficient (Wildman–Crippen LogP) is 5.43. The maximum atomic E-state index is 13.2. The number of urea groups is 1. The highest BCUT2D eigenvalue weighted by Crippen LogP contribution is 2.36. The van der Waals surface area contributed by atoms with Crippen molar-refractivity contribution in [3.05, 3.63) is 66.5 Å². The first-order valence-electron chi connectivity index (χ1n) is 10.1. The second kappa shape index (κ2) is 8.49. The molecular formula is C23H22F3N5O. The number of carbonyl (C=O) groups is 1. The quantitative estimate of drug-likeness (QED) is 0.576. The minimum Gasteiger partial charge on any atom is -0.372 e. The zero-order valence-electron chi connectivity index (χ0n) is 17.6. The molecule has 3 heterocycles. The highest BCUT2D eigenvalue weighted by Gasteiger charge is 2.32. The molecule has 1 aromatic carbocycles. The molecule has 1 aliphatic heterocycles. The third-order valence-corrected chi connectivity index (χ3v) is 5.43. The minimum atomic E-state index is -4.45. The molecule has 2 aromatic heterocycles. The highest BCUT2D eigenvalue weighted by molar-refractivity contribution is 6.03. The zero-order valence-corrected chi connectivity index (χ0v) is 17.6. The van der Waals surface area contributed by atoms with Crippen LogP contribution in [-0.4, -0.2) is 35.6 Å². The predicted molar refractivity (Wildman–Crippen MR) is 118 cm³/mol. The number of hydrogen-bond donors (Lipinski definition) is 1. The molecule has 0 fully saturated rings. The number of anilines is 3. The largest absolute Gasteiger partial charge is 0.416 e. The van der Waals surface area contributed by atoms with E-state index in [0.717, 1.165) is 17.8 Å². The van der Waals surface area contributed by atoms with Gasteiger partial charge < -0.3 is 10.2 Å². The van der Waals surface area contributed by atoms with Gasteiger partial charge in [0.05, 0.1) is 28.8 Å². The lowest BCUT2D eigenvalue weighted by Crippen LogP contribution is -2.42. The van der Waals surface area contributed by atoms with Crippen LogP contribution in [0, 0.1) is 0 Å². The van der Waals surface area contributed by atoms with E-state index in [9.17, 15) is 18.0 Å². The highest BCUT2D eigenvalue weighted by atomic mass is 19.4. The molecular weight excluding hydrogens is 419 g/mol. The van der Waals surface area contributed by atoms with Crippen molar-refractivity contribution in [1.82, 2.24) is 9.97 Å². The number of nitrogens with zero attached hydrogens (tertiary/aromatic N) is 4. The van der Waals surface area contributed by atoms with Gasteiger partial charge in [-0.2, -0.15) is 13.2 Å². The van der Waals surface area contributed by atoms with Gasteiger partial charge in [-0.3, -0.25) is 9.88 Å². The summed E-state index contributed by atoms with van der Waals surface area (Å²) in [4.78, 5) is 25.4. The van der Waals surface area contributed by atoms with Crippen LogP contribution in [0.15, 0.2) is 60.9 Å². The molecule has 0 spiro atoms. The number of carbonyl (C=O) groups excluding carboxylic acids is 1. The second-order valence-corrected chi connectivity index (χ2v) is 7.72. The second-order valence-electron chi connectivity index (χ2n) is 7.72. The van der Waals surface area contributed by atoms with Gasteiger partial charge in [0.15, 0.2) is 5.82 Å². The number of hydrogen-bond acceptors (Lipinski definition) is 4. The molecule has 32 heavy (non-hydrogen) atoms. The first-order valence-corrected chi connectivity index (χ1v) is 10.1. The molecule has 166 valence electrons. The summed E-state index contributed by atoms with van der Waals surface area (Å²) in [5, 5.41) is 2.83. The summed E-state index contributed by atoms with van der Waals surface area (Å²) in [6, 6.07) is 11.4. The SMILES string of the molecule is C[C@@H]1CCN(C)c2ccc(-c3cccc(C(F)(F)F)c3)nc2N1C(=O)Nc1cccnc1. The standard InChI is InChI=1S/C23H22F3N5O/c1-15-10-12-30(2)20-9-8-19(16-5-3-6-17(13-16)23(24,25)26)29-21(20)31(15)22(32)28-18-7-4-11-27-14-18/h3-9,11,13-15H,10,12H2,1-2H3,(H,28,32)/t15-/m1/s1. The van der Waals surface area contributed by atoms with E-state index in [0.29, 0.717) is 35.7 Å². The molecule has 0 saturated heterocycles. The molecule has 0 radical (unpaired) electrons. The number of nitrogens with one attached hydrogen (secondary N) is 1. The van der Waals surface area contributed by atoms with E-state index in [1.54, 1.807) is 47.6 Å². The van der Waals surface area contributed by atoms with Gasteiger partial charge in [0, 0.05) is 31.4 Å². The van der Waals surface area contributed by atoms with Crippen molar-refractivity contribution >= 4 is 23.2 Å². The fraction of sp³-hybridized carbons (Fsp3) is 0.261. The van der Waals surface area contributed by atoms with Crippen molar-refractivity contribution in [2.45, 2.75) is 25.6 Å². The van der Waals surface area contributed by atoms with E-state index >= 15 is 0 Å². The Kier molecular flexibility index (Phi) is 5.73. The number of aromatic nitrogens is 2. The smallest absolute Gasteiger partial charge is 0.372 e. The van der Waals surface area contributed by atoms with Crippen molar-refractivity contribution in [3.63, 3.8) is 0 Å². The van der Waals surface area contributed by atoms with Crippen LogP contribution < -0.4 is 15.1 Å². The maximum absolute atomic E-state index is 13.2. The summed E-state index contributed by atoms with van der Waals surface area (Å²) in [6.07, 6.45) is -0.602. The van der Waals surface area contributed by atoms with Gasteiger partial charge in [0.1, 0.15) is 0 Å². The Balaban J connectivity index is 1.77. The monoisotopic (exact) mass is 441 g/mol. The van der Waals surface area contributed by atoms with Gasteiger partial charge in [-0.15, -0.1) is 0 Å². The molecule has 0 unspecified atom stereocenters. The van der Waals surface area contributed by atoms with Gasteiger partial charge in [0.2, 0.25) is 0 Å². The first-order chi connectivity index (χ1) is 15.2. The van der Waals surface area contributed by atoms with Crippen LogP contribution in [0.25, 0.3) is 11.3 Å². The fourth-order valence-corrected chi connectivity index (χ4v) is 3.69. The summed E-state index contributed by atoms with van der Waals surface area (Å²) in [7, 11) is 1.90. The lowest BCUT2D eigenvalue weighted by atomic mass is 10.1. The molecule has 1 aliphatic rings. The molecule has 1 N–H and O–H groups in total. The normalized spacial score (nSPS) is 16.3. The molecule has 3 aromatic rings. The molecule has 9 heteroatoms. The van der Waals surface area contributed by atoms with Gasteiger partial charge in [-0.1, -0.05) is 12.1 Å². The minimum absolute atomic E-state index is 0.181. The molecule has 0 bridgehead atoms. The van der Waals surface area contributed by atoms with Crippen LogP contribution in [0.3, 0.4) is 0 Å². The van der Waals surface area contributed by atoms with Gasteiger partial charge in [-0.05, 0) is 49.7 Å².